The summed E-state index contributed by atoms with van der Waals surface area (Å²) in [5, 5.41) is 6.67. The Morgan fingerprint density at radius 1 is 1.07 bits per heavy atom. The number of nitrogens with zero attached hydrogens (tertiary/aromatic N) is 4. The van der Waals surface area contributed by atoms with E-state index >= 15 is 0 Å². The molecule has 1 aliphatic heterocycles. The summed E-state index contributed by atoms with van der Waals surface area (Å²) in [6.45, 7) is 6.06. The summed E-state index contributed by atoms with van der Waals surface area (Å²) in [6.07, 6.45) is 1.87. The van der Waals surface area contributed by atoms with Gasteiger partial charge in [-0.3, -0.25) is 4.99 Å². The lowest BCUT2D eigenvalue weighted by molar-refractivity contribution is 0.312. The Balaban J connectivity index is 0.00000300. The Morgan fingerprint density at radius 2 is 1.83 bits per heavy atom. The molecule has 158 valence electrons. The molecule has 0 bridgehead atoms. The van der Waals surface area contributed by atoms with Gasteiger partial charge in [0.1, 0.15) is 18.2 Å². The zero-order valence-electron chi connectivity index (χ0n) is 17.2. The fraction of sp³-hybridized carbons (Fsp3) is 0.429. The highest BCUT2D eigenvalue weighted by Gasteiger charge is 2.17. The number of anilines is 1. The van der Waals surface area contributed by atoms with Gasteiger partial charge in [0.2, 0.25) is 0 Å². The molecule has 1 saturated heterocycles. The van der Waals surface area contributed by atoms with E-state index in [4.69, 9.17) is 4.74 Å². The molecule has 2 N–H and O–H groups in total. The minimum atomic E-state index is 0. The van der Waals surface area contributed by atoms with Crippen LogP contribution in [-0.2, 0) is 6.54 Å². The third-order valence-corrected chi connectivity index (χ3v) is 4.75. The zero-order valence-corrected chi connectivity index (χ0v) is 19.5. The van der Waals surface area contributed by atoms with Crippen LogP contribution in [0.1, 0.15) is 5.56 Å². The summed E-state index contributed by atoms with van der Waals surface area (Å²) in [5.74, 6) is 2.69. The van der Waals surface area contributed by atoms with Crippen molar-refractivity contribution in [1.82, 2.24) is 20.5 Å². The maximum atomic E-state index is 5.70. The van der Waals surface area contributed by atoms with Crippen molar-refractivity contribution >= 4 is 35.8 Å². The first-order chi connectivity index (χ1) is 13.8. The molecule has 1 fully saturated rings. The lowest BCUT2D eigenvalue weighted by Gasteiger charge is -2.34. The Labute approximate surface area is 190 Å². The highest BCUT2D eigenvalue weighted by molar-refractivity contribution is 14.0. The number of nitrogens with one attached hydrogen (secondary N) is 2. The van der Waals surface area contributed by atoms with Gasteiger partial charge in [-0.25, -0.2) is 4.98 Å². The monoisotopic (exact) mass is 510 g/mol. The van der Waals surface area contributed by atoms with Gasteiger partial charge in [0.05, 0.1) is 6.54 Å². The Morgan fingerprint density at radius 3 is 2.55 bits per heavy atom. The van der Waals surface area contributed by atoms with Gasteiger partial charge < -0.3 is 25.2 Å². The number of ether oxygens (including phenoxy) is 1. The van der Waals surface area contributed by atoms with Crippen molar-refractivity contribution in [3.05, 3.63) is 54.2 Å². The summed E-state index contributed by atoms with van der Waals surface area (Å²) in [5.41, 5.74) is 1.18. The Kier molecular flexibility index (Phi) is 9.99. The number of hydrogen-bond donors (Lipinski definition) is 2. The van der Waals surface area contributed by atoms with Crippen LogP contribution in [-0.4, -0.2) is 69.3 Å². The van der Waals surface area contributed by atoms with E-state index in [-0.39, 0.29) is 24.0 Å². The van der Waals surface area contributed by atoms with Crippen molar-refractivity contribution in [2.45, 2.75) is 6.54 Å². The highest BCUT2D eigenvalue weighted by Crippen LogP contribution is 2.18. The molecule has 2 heterocycles. The summed E-state index contributed by atoms with van der Waals surface area (Å²) in [4.78, 5) is 13.6. The highest BCUT2D eigenvalue weighted by atomic mass is 127. The molecule has 0 atom stereocenters. The van der Waals surface area contributed by atoms with Crippen molar-refractivity contribution in [3.63, 3.8) is 0 Å². The first kappa shape index (κ1) is 23.2. The van der Waals surface area contributed by atoms with E-state index in [1.807, 2.05) is 42.6 Å². The Hall–Kier alpha value is -2.07. The van der Waals surface area contributed by atoms with Gasteiger partial charge in [0, 0.05) is 51.5 Å². The van der Waals surface area contributed by atoms with Crippen LogP contribution >= 0.6 is 24.0 Å². The van der Waals surface area contributed by atoms with Crippen LogP contribution in [0.5, 0.6) is 5.75 Å². The molecule has 0 spiro atoms. The first-order valence-corrected chi connectivity index (χ1v) is 9.76. The van der Waals surface area contributed by atoms with Crippen LogP contribution < -0.4 is 20.3 Å². The van der Waals surface area contributed by atoms with E-state index in [1.54, 1.807) is 7.05 Å². The quantitative estimate of drug-likeness (QED) is 0.258. The average molecular weight is 510 g/mol. The van der Waals surface area contributed by atoms with E-state index in [1.165, 1.54) is 5.56 Å². The Bertz CT molecular complexity index is 750. The van der Waals surface area contributed by atoms with Crippen LogP contribution in [0.3, 0.4) is 0 Å². The minimum absolute atomic E-state index is 0. The molecule has 7 nitrogen and oxygen atoms in total. The molecule has 29 heavy (non-hydrogen) atoms. The first-order valence-electron chi connectivity index (χ1n) is 9.76. The van der Waals surface area contributed by atoms with Crippen LogP contribution in [0.15, 0.2) is 53.7 Å². The molecular formula is C21H31IN6O. The molecule has 1 aliphatic rings. The zero-order chi connectivity index (χ0) is 19.6. The molecule has 0 unspecified atom stereocenters. The number of hydrogen-bond acceptors (Lipinski definition) is 5. The fourth-order valence-corrected chi connectivity index (χ4v) is 3.13. The van der Waals surface area contributed by atoms with E-state index in [0.717, 1.165) is 43.7 Å². The van der Waals surface area contributed by atoms with Crippen LogP contribution in [0, 0.1) is 0 Å². The molecule has 1 aromatic heterocycles. The van der Waals surface area contributed by atoms with Gasteiger partial charge in [0.25, 0.3) is 0 Å². The smallest absolute Gasteiger partial charge is 0.191 e. The maximum Gasteiger partial charge on any atom is 0.191 e. The molecule has 0 radical (unpaired) electrons. The predicted octanol–water partition coefficient (Wildman–Crippen LogP) is 2.20. The van der Waals surface area contributed by atoms with Gasteiger partial charge in [-0.2, -0.15) is 0 Å². The second-order valence-electron chi connectivity index (χ2n) is 6.79. The molecular weight excluding hydrogens is 479 g/mol. The largest absolute Gasteiger partial charge is 0.492 e. The summed E-state index contributed by atoms with van der Waals surface area (Å²) in [7, 11) is 3.94. The van der Waals surface area contributed by atoms with Gasteiger partial charge >= 0.3 is 0 Å². The number of rotatable bonds is 7. The van der Waals surface area contributed by atoms with Gasteiger partial charge in [-0.15, -0.1) is 24.0 Å². The number of aromatic nitrogens is 1. The molecule has 0 aliphatic carbocycles. The predicted molar refractivity (Wildman–Crippen MR) is 130 cm³/mol. The minimum Gasteiger partial charge on any atom is -0.492 e. The SMILES string of the molecule is CN=C(NCCOc1ccccc1)NCc1cccnc1N1CCN(C)CC1.I. The number of guanidine groups is 1. The van der Waals surface area contributed by atoms with E-state index < -0.39 is 0 Å². The molecule has 8 heteroatoms. The van der Waals surface area contributed by atoms with Crippen LogP contribution in [0.25, 0.3) is 0 Å². The van der Waals surface area contributed by atoms with Crippen molar-refractivity contribution in [2.24, 2.45) is 4.99 Å². The molecule has 2 aromatic rings. The summed E-state index contributed by atoms with van der Waals surface area (Å²) < 4.78 is 5.70. The third-order valence-electron chi connectivity index (χ3n) is 4.75. The second-order valence-corrected chi connectivity index (χ2v) is 6.79. The second kappa shape index (κ2) is 12.5. The van der Waals surface area contributed by atoms with Gasteiger partial charge in [-0.05, 0) is 25.2 Å². The topological polar surface area (TPSA) is 65.0 Å². The number of halogens is 1. The maximum absolute atomic E-state index is 5.70. The van der Waals surface area contributed by atoms with Crippen molar-refractivity contribution in [1.29, 1.82) is 0 Å². The number of piperazine rings is 1. The summed E-state index contributed by atoms with van der Waals surface area (Å²) in [6, 6.07) is 13.9. The average Bonchev–Trinajstić information content (AvgIpc) is 2.75. The van der Waals surface area contributed by atoms with E-state index in [9.17, 15) is 0 Å². The number of benzene rings is 1. The lowest BCUT2D eigenvalue weighted by Crippen LogP contribution is -2.45. The van der Waals surface area contributed by atoms with Crippen molar-refractivity contribution in [3.8, 4) is 5.75 Å². The number of pyridine rings is 1. The molecule has 1 aromatic carbocycles. The van der Waals surface area contributed by atoms with Crippen LogP contribution in [0.4, 0.5) is 5.82 Å². The van der Waals surface area contributed by atoms with Crippen molar-refractivity contribution in [2.75, 3.05) is 58.3 Å². The number of para-hydroxylation sites is 1. The lowest BCUT2D eigenvalue weighted by atomic mass is 10.2. The summed E-state index contributed by atoms with van der Waals surface area (Å²) >= 11 is 0. The molecule has 0 amide bonds. The molecule has 3 rings (SSSR count). The third kappa shape index (κ3) is 7.36. The van der Waals surface area contributed by atoms with Crippen molar-refractivity contribution < 1.29 is 4.74 Å². The number of aliphatic imine (C=N–C) groups is 1. The normalized spacial score (nSPS) is 14.8. The standard InChI is InChI=1S/C21H30N6O.HI/c1-22-21(24-11-16-28-19-8-4-3-5-9-19)25-17-18-7-6-10-23-20(18)27-14-12-26(2)13-15-27;/h3-10H,11-17H2,1-2H3,(H2,22,24,25);1H. The van der Waals surface area contributed by atoms with Crippen LogP contribution in [0.2, 0.25) is 0 Å². The molecule has 0 saturated carbocycles. The van der Waals surface area contributed by atoms with Gasteiger partial charge in [0.15, 0.2) is 5.96 Å². The van der Waals surface area contributed by atoms with E-state index in [2.05, 4.69) is 43.5 Å². The van der Waals surface area contributed by atoms with E-state index in [0.29, 0.717) is 19.7 Å². The number of likely N-dealkylation sites (N-methyl/N-ethyl adjacent to an activating group) is 1. The fourth-order valence-electron chi connectivity index (χ4n) is 3.13. The van der Waals surface area contributed by atoms with Gasteiger partial charge in [-0.1, -0.05) is 24.3 Å².